The quantitative estimate of drug-likeness (QED) is 0.502. The summed E-state index contributed by atoms with van der Waals surface area (Å²) in [6.45, 7) is 6.86. The number of aryl methyl sites for hydroxylation is 1. The molecule has 0 bridgehead atoms. The average molecular weight is 390 g/mol. The Kier molecular flexibility index (Phi) is 5.62. The summed E-state index contributed by atoms with van der Waals surface area (Å²) in [5, 5.41) is 3.59. The van der Waals surface area contributed by atoms with Gasteiger partial charge in [0.2, 0.25) is 0 Å². The number of hydrogen-bond acceptors (Lipinski definition) is 4. The number of anilines is 1. The number of aromatic nitrogens is 1. The van der Waals surface area contributed by atoms with Crippen LogP contribution < -0.4 is 10.2 Å². The topological polar surface area (TPSA) is 68.4 Å². The average Bonchev–Trinajstić information content (AvgIpc) is 3.10. The van der Waals surface area contributed by atoms with Crippen molar-refractivity contribution < 1.29 is 9.59 Å². The maximum absolute atomic E-state index is 12.7. The van der Waals surface area contributed by atoms with Crippen LogP contribution in [0.2, 0.25) is 0 Å². The van der Waals surface area contributed by atoms with Gasteiger partial charge < -0.3 is 15.2 Å². The Bertz CT molecular complexity index is 1000. The number of benzene rings is 2. The van der Waals surface area contributed by atoms with Crippen LogP contribution in [0.3, 0.4) is 0 Å². The molecule has 150 valence electrons. The molecule has 0 saturated carbocycles. The van der Waals surface area contributed by atoms with E-state index in [1.165, 1.54) is 5.69 Å². The predicted octanol–water partition coefficient (Wildman–Crippen LogP) is 2.60. The predicted molar refractivity (Wildman–Crippen MR) is 115 cm³/mol. The van der Waals surface area contributed by atoms with Gasteiger partial charge in [-0.25, -0.2) is 0 Å². The largest absolute Gasteiger partial charge is 0.369 e. The third kappa shape index (κ3) is 4.17. The Morgan fingerprint density at radius 3 is 2.41 bits per heavy atom. The van der Waals surface area contributed by atoms with E-state index < -0.39 is 11.7 Å². The molecule has 0 aliphatic carbocycles. The summed E-state index contributed by atoms with van der Waals surface area (Å²) in [5.41, 5.74) is 3.32. The summed E-state index contributed by atoms with van der Waals surface area (Å²) in [5.74, 6) is -1.02. The lowest BCUT2D eigenvalue weighted by Crippen LogP contribution is -2.48. The number of piperazine rings is 1. The van der Waals surface area contributed by atoms with E-state index in [4.69, 9.17) is 0 Å². The van der Waals surface area contributed by atoms with Crippen molar-refractivity contribution in [1.82, 2.24) is 15.2 Å². The minimum atomic E-state index is -0.541. The second-order valence-electron chi connectivity index (χ2n) is 7.42. The molecule has 2 aromatic carbocycles. The molecular weight excluding hydrogens is 364 g/mol. The van der Waals surface area contributed by atoms with Gasteiger partial charge in [0.1, 0.15) is 0 Å². The van der Waals surface area contributed by atoms with Crippen LogP contribution in [-0.2, 0) is 4.79 Å². The Morgan fingerprint density at radius 2 is 1.66 bits per heavy atom. The van der Waals surface area contributed by atoms with E-state index in [1.807, 2.05) is 37.3 Å². The molecule has 2 heterocycles. The molecule has 1 fully saturated rings. The normalized spacial score (nSPS) is 14.9. The summed E-state index contributed by atoms with van der Waals surface area (Å²) in [7, 11) is 0. The standard InChI is InChI=1S/C23H26N4O2/c1-17-21(19-9-5-6-10-20(19)25-17)22(28)23(29)24-11-12-26-13-15-27(16-14-26)18-7-3-2-4-8-18/h2-10,25H,11-16H2,1H3,(H,24,29). The number of rotatable bonds is 6. The van der Waals surface area contributed by atoms with Crippen LogP contribution in [0.5, 0.6) is 0 Å². The lowest BCUT2D eigenvalue weighted by atomic mass is 10.1. The molecule has 3 aromatic rings. The molecule has 0 radical (unpaired) electrons. The van der Waals surface area contributed by atoms with Crippen LogP contribution in [0, 0.1) is 6.92 Å². The number of hydrogen-bond donors (Lipinski definition) is 2. The van der Waals surface area contributed by atoms with E-state index in [2.05, 4.69) is 44.4 Å². The summed E-state index contributed by atoms with van der Waals surface area (Å²) in [6, 6.07) is 18.0. The van der Waals surface area contributed by atoms with Crippen molar-refractivity contribution in [1.29, 1.82) is 0 Å². The molecule has 0 spiro atoms. The van der Waals surface area contributed by atoms with Gasteiger partial charge >= 0.3 is 0 Å². The van der Waals surface area contributed by atoms with Crippen LogP contribution in [0.25, 0.3) is 10.9 Å². The van der Waals surface area contributed by atoms with Crippen molar-refractivity contribution in [3.05, 3.63) is 65.9 Å². The van der Waals surface area contributed by atoms with E-state index >= 15 is 0 Å². The number of Topliss-reactive ketones (excluding diaryl/α,β-unsaturated/α-hetero) is 1. The zero-order chi connectivity index (χ0) is 20.2. The van der Waals surface area contributed by atoms with Gasteiger partial charge in [-0.2, -0.15) is 0 Å². The van der Waals surface area contributed by atoms with Crippen LogP contribution >= 0.6 is 0 Å². The van der Waals surface area contributed by atoms with Gasteiger partial charge in [-0.3, -0.25) is 14.5 Å². The van der Waals surface area contributed by atoms with E-state index in [1.54, 1.807) is 0 Å². The minimum absolute atomic E-state index is 0.467. The molecule has 4 rings (SSSR count). The number of carbonyl (C=O) groups excluding carboxylic acids is 2. The van der Waals surface area contributed by atoms with E-state index in [0.717, 1.165) is 49.3 Å². The lowest BCUT2D eigenvalue weighted by Gasteiger charge is -2.36. The van der Waals surface area contributed by atoms with Gasteiger partial charge in [0, 0.05) is 61.6 Å². The third-order valence-corrected chi connectivity index (χ3v) is 5.53. The Balaban J connectivity index is 1.27. The fraction of sp³-hybridized carbons (Fsp3) is 0.304. The van der Waals surface area contributed by atoms with E-state index in [-0.39, 0.29) is 0 Å². The van der Waals surface area contributed by atoms with Crippen molar-refractivity contribution >= 4 is 28.3 Å². The number of H-pyrrole nitrogens is 1. The smallest absolute Gasteiger partial charge is 0.292 e. The molecule has 0 unspecified atom stereocenters. The molecule has 1 aromatic heterocycles. The zero-order valence-electron chi connectivity index (χ0n) is 16.6. The lowest BCUT2D eigenvalue weighted by molar-refractivity contribution is -0.117. The minimum Gasteiger partial charge on any atom is -0.369 e. The van der Waals surface area contributed by atoms with E-state index in [9.17, 15) is 9.59 Å². The van der Waals surface area contributed by atoms with Crippen molar-refractivity contribution in [3.63, 3.8) is 0 Å². The van der Waals surface area contributed by atoms with Crippen molar-refractivity contribution in [2.45, 2.75) is 6.92 Å². The highest BCUT2D eigenvalue weighted by Gasteiger charge is 2.23. The first-order chi connectivity index (χ1) is 14.1. The number of nitrogens with zero attached hydrogens (tertiary/aromatic N) is 2. The van der Waals surface area contributed by atoms with Gasteiger partial charge in [-0.05, 0) is 25.1 Å². The Hall–Kier alpha value is -3.12. The van der Waals surface area contributed by atoms with Crippen LogP contribution in [-0.4, -0.2) is 60.8 Å². The second-order valence-corrected chi connectivity index (χ2v) is 7.42. The molecule has 2 N–H and O–H groups in total. The molecule has 6 heteroatoms. The first-order valence-electron chi connectivity index (χ1n) is 10.1. The fourth-order valence-electron chi connectivity index (χ4n) is 3.96. The molecular formula is C23H26N4O2. The number of nitrogens with one attached hydrogen (secondary N) is 2. The highest BCUT2D eigenvalue weighted by atomic mass is 16.2. The summed E-state index contributed by atoms with van der Waals surface area (Å²) < 4.78 is 0. The van der Waals surface area contributed by atoms with Gasteiger partial charge in [0.05, 0.1) is 5.56 Å². The number of para-hydroxylation sites is 2. The first kappa shape index (κ1) is 19.2. The van der Waals surface area contributed by atoms with Gasteiger partial charge in [0.25, 0.3) is 11.7 Å². The fourth-order valence-corrected chi connectivity index (χ4v) is 3.96. The van der Waals surface area contributed by atoms with Crippen molar-refractivity contribution in [2.75, 3.05) is 44.2 Å². The van der Waals surface area contributed by atoms with Gasteiger partial charge in [-0.15, -0.1) is 0 Å². The zero-order valence-corrected chi connectivity index (χ0v) is 16.6. The first-order valence-corrected chi connectivity index (χ1v) is 10.1. The highest BCUT2D eigenvalue weighted by Crippen LogP contribution is 2.22. The van der Waals surface area contributed by atoms with Crippen LogP contribution in [0.1, 0.15) is 16.1 Å². The molecule has 0 atom stereocenters. The SMILES string of the molecule is Cc1[nH]c2ccccc2c1C(=O)C(=O)NCCN1CCN(c2ccccc2)CC1. The summed E-state index contributed by atoms with van der Waals surface area (Å²) >= 11 is 0. The summed E-state index contributed by atoms with van der Waals surface area (Å²) in [4.78, 5) is 33.0. The van der Waals surface area contributed by atoms with Gasteiger partial charge in [-0.1, -0.05) is 36.4 Å². The van der Waals surface area contributed by atoms with Crippen molar-refractivity contribution in [2.24, 2.45) is 0 Å². The molecule has 1 amide bonds. The monoisotopic (exact) mass is 390 g/mol. The van der Waals surface area contributed by atoms with E-state index in [0.29, 0.717) is 12.1 Å². The number of ketones is 1. The third-order valence-electron chi connectivity index (χ3n) is 5.53. The number of carbonyl (C=O) groups is 2. The molecule has 6 nitrogen and oxygen atoms in total. The second kappa shape index (κ2) is 8.49. The van der Waals surface area contributed by atoms with Crippen molar-refractivity contribution in [3.8, 4) is 0 Å². The summed E-state index contributed by atoms with van der Waals surface area (Å²) in [6.07, 6.45) is 0. The van der Waals surface area contributed by atoms with Crippen LogP contribution in [0.15, 0.2) is 54.6 Å². The maximum Gasteiger partial charge on any atom is 0.292 e. The van der Waals surface area contributed by atoms with Crippen LogP contribution in [0.4, 0.5) is 5.69 Å². The number of amides is 1. The molecule has 29 heavy (non-hydrogen) atoms. The number of aromatic amines is 1. The Labute approximate surface area is 170 Å². The maximum atomic E-state index is 12.7. The Morgan fingerprint density at radius 1 is 0.966 bits per heavy atom. The molecule has 1 saturated heterocycles. The van der Waals surface area contributed by atoms with Gasteiger partial charge in [0.15, 0.2) is 0 Å². The highest BCUT2D eigenvalue weighted by molar-refractivity contribution is 6.45. The molecule has 1 aliphatic rings. The number of fused-ring (bicyclic) bond motifs is 1. The molecule has 1 aliphatic heterocycles.